The van der Waals surface area contributed by atoms with E-state index in [0.29, 0.717) is 38.4 Å². The van der Waals surface area contributed by atoms with Crippen LogP contribution >= 0.6 is 0 Å². The van der Waals surface area contributed by atoms with Crippen LogP contribution in [0, 0.1) is 5.92 Å². The number of likely N-dealkylation sites (tertiary alicyclic amines) is 3. The Kier molecular flexibility index (Phi) is 5.63. The van der Waals surface area contributed by atoms with Crippen molar-refractivity contribution >= 4 is 29.5 Å². The first-order chi connectivity index (χ1) is 15.9. The predicted molar refractivity (Wildman–Crippen MR) is 114 cm³/mol. The van der Waals surface area contributed by atoms with Crippen LogP contribution in [0.5, 0.6) is 0 Å². The fourth-order valence-electron chi connectivity index (χ4n) is 5.51. The highest BCUT2D eigenvalue weighted by Gasteiger charge is 2.39. The van der Waals surface area contributed by atoms with Crippen molar-refractivity contribution in [1.29, 1.82) is 0 Å². The van der Waals surface area contributed by atoms with E-state index in [2.05, 4.69) is 10.4 Å². The van der Waals surface area contributed by atoms with Gasteiger partial charge in [-0.2, -0.15) is 5.10 Å². The number of carbonyl (C=O) groups is 5. The van der Waals surface area contributed by atoms with Crippen LogP contribution in [0.1, 0.15) is 59.5 Å². The number of piperidine rings is 1. The van der Waals surface area contributed by atoms with Crippen molar-refractivity contribution < 1.29 is 24.0 Å². The molecule has 4 aliphatic rings. The molecule has 11 heteroatoms. The van der Waals surface area contributed by atoms with E-state index >= 15 is 0 Å². The van der Waals surface area contributed by atoms with E-state index in [9.17, 15) is 24.0 Å². The third-order valence-electron chi connectivity index (χ3n) is 7.28. The molecule has 3 saturated heterocycles. The van der Waals surface area contributed by atoms with E-state index < -0.39 is 0 Å². The summed E-state index contributed by atoms with van der Waals surface area (Å²) in [4.78, 5) is 66.3. The first-order valence-corrected chi connectivity index (χ1v) is 11.7. The molecule has 0 aromatic carbocycles. The van der Waals surface area contributed by atoms with Gasteiger partial charge in [0.2, 0.25) is 17.7 Å². The van der Waals surface area contributed by atoms with Crippen molar-refractivity contribution in [2.24, 2.45) is 5.92 Å². The lowest BCUT2D eigenvalue weighted by Crippen LogP contribution is -2.49. The van der Waals surface area contributed by atoms with E-state index in [0.717, 1.165) is 30.6 Å². The minimum absolute atomic E-state index is 0.0752. The molecule has 11 nitrogen and oxygen atoms in total. The second-order valence-electron chi connectivity index (χ2n) is 9.19. The molecule has 1 N–H and O–H groups in total. The fraction of sp³-hybridized carbons (Fsp3) is 0.636. The van der Waals surface area contributed by atoms with Crippen LogP contribution in [0.3, 0.4) is 0 Å². The molecule has 0 aliphatic carbocycles. The number of nitrogens with zero attached hydrogens (tertiary/aromatic N) is 5. The van der Waals surface area contributed by atoms with E-state index in [1.54, 1.807) is 15.6 Å². The molecule has 1 atom stereocenters. The van der Waals surface area contributed by atoms with Crippen LogP contribution in [-0.4, -0.2) is 92.8 Å². The van der Waals surface area contributed by atoms with Crippen LogP contribution in [0.25, 0.3) is 0 Å². The van der Waals surface area contributed by atoms with Crippen molar-refractivity contribution in [3.05, 3.63) is 17.5 Å². The zero-order valence-electron chi connectivity index (χ0n) is 18.5. The fourth-order valence-corrected chi connectivity index (χ4v) is 5.51. The van der Waals surface area contributed by atoms with E-state index in [1.165, 1.54) is 0 Å². The van der Waals surface area contributed by atoms with E-state index in [4.69, 9.17) is 0 Å². The van der Waals surface area contributed by atoms with Crippen molar-refractivity contribution in [2.45, 2.75) is 51.1 Å². The maximum atomic E-state index is 13.0. The minimum atomic E-state index is -0.269. The molecule has 3 fully saturated rings. The largest absolute Gasteiger partial charge is 0.349 e. The number of amides is 5. The number of carbonyl (C=O) groups excluding carboxylic acids is 5. The average Bonchev–Trinajstić information content (AvgIpc) is 3.54. The number of aromatic nitrogens is 2. The van der Waals surface area contributed by atoms with E-state index in [1.807, 2.05) is 4.90 Å². The number of fused-ring (bicyclic) bond motifs is 1. The van der Waals surface area contributed by atoms with Gasteiger partial charge in [-0.15, -0.1) is 0 Å². The summed E-state index contributed by atoms with van der Waals surface area (Å²) in [6.07, 6.45) is 3.72. The third kappa shape index (κ3) is 4.00. The number of nitrogens with one attached hydrogen (secondary N) is 1. The smallest absolute Gasteiger partial charge is 0.274 e. The number of rotatable bonds is 4. The summed E-state index contributed by atoms with van der Waals surface area (Å²) < 4.78 is 1.58. The molecule has 5 heterocycles. The Morgan fingerprint density at radius 3 is 2.42 bits per heavy atom. The van der Waals surface area contributed by atoms with E-state index in [-0.39, 0.29) is 66.6 Å². The van der Waals surface area contributed by atoms with Crippen LogP contribution in [0.4, 0.5) is 0 Å². The number of hydrogen-bond acceptors (Lipinski definition) is 6. The monoisotopic (exact) mass is 456 g/mol. The summed E-state index contributed by atoms with van der Waals surface area (Å²) in [5, 5.41) is 7.07. The van der Waals surface area contributed by atoms with Crippen molar-refractivity contribution in [3.8, 4) is 0 Å². The van der Waals surface area contributed by atoms with Crippen molar-refractivity contribution in [2.75, 3.05) is 32.7 Å². The number of hydrogen-bond donors (Lipinski definition) is 1. The molecule has 33 heavy (non-hydrogen) atoms. The second kappa shape index (κ2) is 8.60. The summed E-state index contributed by atoms with van der Waals surface area (Å²) in [7, 11) is 0. The lowest BCUT2D eigenvalue weighted by atomic mass is 9.87. The summed E-state index contributed by atoms with van der Waals surface area (Å²) >= 11 is 0. The molecule has 5 amide bonds. The summed E-state index contributed by atoms with van der Waals surface area (Å²) in [6, 6.07) is 1.63. The van der Waals surface area contributed by atoms with Gasteiger partial charge in [-0.05, 0) is 31.6 Å². The summed E-state index contributed by atoms with van der Waals surface area (Å²) in [5.41, 5.74) is 0.702. The third-order valence-corrected chi connectivity index (χ3v) is 7.28. The maximum absolute atomic E-state index is 13.0. The van der Waals surface area contributed by atoms with Gasteiger partial charge in [0.15, 0.2) is 5.69 Å². The first kappa shape index (κ1) is 21.6. The molecule has 0 spiro atoms. The van der Waals surface area contributed by atoms with Crippen LogP contribution < -0.4 is 5.32 Å². The zero-order chi connectivity index (χ0) is 23.1. The van der Waals surface area contributed by atoms with Gasteiger partial charge in [0.25, 0.3) is 11.8 Å². The topological polar surface area (TPSA) is 125 Å². The van der Waals surface area contributed by atoms with Crippen LogP contribution in [-0.2, 0) is 20.9 Å². The van der Waals surface area contributed by atoms with Crippen molar-refractivity contribution in [1.82, 2.24) is 29.8 Å². The molecule has 4 aliphatic heterocycles. The Morgan fingerprint density at radius 1 is 1.00 bits per heavy atom. The van der Waals surface area contributed by atoms with Gasteiger partial charge in [0.05, 0.1) is 6.54 Å². The average molecular weight is 457 g/mol. The van der Waals surface area contributed by atoms with Crippen molar-refractivity contribution in [3.63, 3.8) is 0 Å². The quantitative estimate of drug-likeness (QED) is 0.616. The molecule has 1 unspecified atom stereocenters. The Labute approximate surface area is 191 Å². The van der Waals surface area contributed by atoms with Gasteiger partial charge in [-0.25, -0.2) is 0 Å². The van der Waals surface area contributed by atoms with Gasteiger partial charge >= 0.3 is 0 Å². The zero-order valence-corrected chi connectivity index (χ0v) is 18.5. The molecule has 5 rings (SSSR count). The molecule has 0 bridgehead atoms. The Hall–Kier alpha value is -3.24. The van der Waals surface area contributed by atoms with Gasteiger partial charge < -0.3 is 15.1 Å². The molecule has 0 saturated carbocycles. The molecule has 1 aromatic heterocycles. The van der Waals surface area contributed by atoms with Gasteiger partial charge in [-0.1, -0.05) is 0 Å². The predicted octanol–water partition coefficient (Wildman–Crippen LogP) is -0.381. The first-order valence-electron chi connectivity index (χ1n) is 11.7. The lowest BCUT2D eigenvalue weighted by Gasteiger charge is -2.38. The number of imide groups is 1. The Balaban J connectivity index is 1.18. The highest BCUT2D eigenvalue weighted by molar-refractivity contribution is 6.04. The van der Waals surface area contributed by atoms with Gasteiger partial charge in [-0.3, -0.25) is 33.6 Å². The van der Waals surface area contributed by atoms with Gasteiger partial charge in [0, 0.05) is 51.1 Å². The van der Waals surface area contributed by atoms with Crippen LogP contribution in [0.2, 0.25) is 0 Å². The molecular formula is C22H28N6O5. The SMILES string of the molecule is O=C1NCCn2nc(C(=O)N3CCC(C4CCCN4C(=O)CN4C(=O)CCC4=O)CC3)cc21. The molecule has 0 radical (unpaired) electrons. The normalized spacial score (nSPS) is 23.8. The standard InChI is InChI=1S/C22H28N6O5/c29-18-3-4-19(30)27(18)13-20(31)26-8-1-2-16(26)14-5-9-25(10-6-14)22(33)15-12-17-21(32)23-7-11-28(17)24-15/h12,14,16H,1-11,13H2,(H,23,32). The molecular weight excluding hydrogens is 428 g/mol. The molecule has 176 valence electrons. The Bertz CT molecular complexity index is 995. The minimum Gasteiger partial charge on any atom is -0.349 e. The summed E-state index contributed by atoms with van der Waals surface area (Å²) in [5.74, 6) is -0.819. The van der Waals surface area contributed by atoms with Crippen LogP contribution in [0.15, 0.2) is 6.07 Å². The van der Waals surface area contributed by atoms with Gasteiger partial charge in [0.1, 0.15) is 12.2 Å². The highest BCUT2D eigenvalue weighted by Crippen LogP contribution is 2.32. The summed E-state index contributed by atoms with van der Waals surface area (Å²) in [6.45, 7) is 2.67. The highest BCUT2D eigenvalue weighted by atomic mass is 16.2. The lowest BCUT2D eigenvalue weighted by molar-refractivity contribution is -0.146. The maximum Gasteiger partial charge on any atom is 0.274 e. The second-order valence-corrected chi connectivity index (χ2v) is 9.19. The molecule has 1 aromatic rings. The Morgan fingerprint density at radius 2 is 1.73 bits per heavy atom.